The highest BCUT2D eigenvalue weighted by Crippen LogP contribution is 2.36. The zero-order chi connectivity index (χ0) is 31.7. The molecule has 11 heteroatoms. The van der Waals surface area contributed by atoms with E-state index in [0.29, 0.717) is 25.9 Å². The minimum atomic E-state index is -0.510. The predicted molar refractivity (Wildman–Crippen MR) is 177 cm³/mol. The smallest absolute Gasteiger partial charge is 0.292 e. The van der Waals surface area contributed by atoms with Gasteiger partial charge in [0.25, 0.3) is 11.8 Å². The van der Waals surface area contributed by atoms with Gasteiger partial charge in [0.2, 0.25) is 17.6 Å². The van der Waals surface area contributed by atoms with Gasteiger partial charge in [-0.15, -0.1) is 0 Å². The Labute approximate surface area is 260 Å². The van der Waals surface area contributed by atoms with Crippen LogP contribution in [0.15, 0.2) is 67.0 Å². The number of imidazole rings is 2. The molecule has 6 rings (SSSR count). The summed E-state index contributed by atoms with van der Waals surface area (Å²) in [5, 5.41) is 15.8. The molecule has 0 spiro atoms. The van der Waals surface area contributed by atoms with Crippen LogP contribution in [0.3, 0.4) is 0 Å². The molecular formula is C34H36N8O3. The maximum atomic E-state index is 13.0. The summed E-state index contributed by atoms with van der Waals surface area (Å²) in [6.07, 6.45) is 4.89. The van der Waals surface area contributed by atoms with Crippen LogP contribution in [0.1, 0.15) is 39.6 Å². The molecule has 0 atom stereocenters. The second-order valence-corrected chi connectivity index (χ2v) is 11.6. The zero-order valence-corrected chi connectivity index (χ0v) is 25.8. The molecule has 0 unspecified atom stereocenters. The number of nitrogens with zero attached hydrogens (tertiary/aromatic N) is 5. The number of nitrogens with one attached hydrogen (secondary N) is 3. The van der Waals surface area contributed by atoms with Crippen molar-refractivity contribution in [2.45, 2.75) is 19.3 Å². The lowest BCUT2D eigenvalue weighted by atomic mass is 9.90. The second kappa shape index (κ2) is 12.4. The molecule has 45 heavy (non-hydrogen) atoms. The molecule has 0 aliphatic rings. The third-order valence-corrected chi connectivity index (χ3v) is 7.96. The Bertz CT molecular complexity index is 2040. The molecule has 0 saturated heterocycles. The van der Waals surface area contributed by atoms with E-state index in [1.54, 1.807) is 31.1 Å². The van der Waals surface area contributed by atoms with Gasteiger partial charge in [-0.25, -0.2) is 9.97 Å². The first-order valence-corrected chi connectivity index (χ1v) is 14.9. The number of anilines is 2. The van der Waals surface area contributed by atoms with E-state index >= 15 is 0 Å². The highest BCUT2D eigenvalue weighted by Gasteiger charge is 2.19. The van der Waals surface area contributed by atoms with Crippen LogP contribution in [0.4, 0.5) is 11.6 Å². The van der Waals surface area contributed by atoms with Gasteiger partial charge in [-0.2, -0.15) is 0 Å². The summed E-state index contributed by atoms with van der Waals surface area (Å²) >= 11 is 0. The number of likely N-dealkylation sites (N-methyl/N-ethyl adjacent to an activating group) is 1. The number of carbonyl (C=O) groups is 3. The maximum Gasteiger partial charge on any atom is 0.292 e. The Kier molecular flexibility index (Phi) is 8.18. The van der Waals surface area contributed by atoms with Crippen LogP contribution in [-0.4, -0.2) is 68.9 Å². The fraction of sp³-hybridized carbons (Fsp3) is 0.265. The summed E-state index contributed by atoms with van der Waals surface area (Å²) in [6, 6.07) is 19.4. The average molecular weight is 605 g/mol. The first-order chi connectivity index (χ1) is 21.7. The molecule has 0 fully saturated rings. The molecule has 11 nitrogen and oxygen atoms in total. The van der Waals surface area contributed by atoms with Gasteiger partial charge in [-0.1, -0.05) is 54.6 Å². The van der Waals surface area contributed by atoms with Gasteiger partial charge in [-0.3, -0.25) is 14.4 Å². The van der Waals surface area contributed by atoms with Gasteiger partial charge < -0.3 is 30.0 Å². The number of hydrogen-bond donors (Lipinski definition) is 3. The van der Waals surface area contributed by atoms with Crippen LogP contribution < -0.4 is 16.0 Å². The van der Waals surface area contributed by atoms with E-state index in [4.69, 9.17) is 0 Å². The molecule has 2 heterocycles. The second-order valence-electron chi connectivity index (χ2n) is 11.6. The zero-order valence-electron chi connectivity index (χ0n) is 25.8. The Balaban J connectivity index is 1.06. The number of benzene rings is 4. The Morgan fingerprint density at radius 2 is 1.40 bits per heavy atom. The van der Waals surface area contributed by atoms with Crippen molar-refractivity contribution in [3.8, 4) is 0 Å². The normalized spacial score (nSPS) is 11.6. The molecule has 3 N–H and O–H groups in total. The SMILES string of the molecule is CN(C)CCNC(=O)c1nc(NC(=O)c2nc(NC(=O)CCCc3cc4cccc5ccc6cccc3c6c54)cn2C)cn1C. The lowest BCUT2D eigenvalue weighted by Gasteiger charge is -2.14. The van der Waals surface area contributed by atoms with Gasteiger partial charge in [0, 0.05) is 46.0 Å². The van der Waals surface area contributed by atoms with E-state index in [-0.39, 0.29) is 35.1 Å². The minimum Gasteiger partial charge on any atom is -0.348 e. The minimum absolute atomic E-state index is 0.0984. The Morgan fingerprint density at radius 3 is 2.11 bits per heavy atom. The van der Waals surface area contributed by atoms with E-state index in [1.807, 2.05) is 19.0 Å². The maximum absolute atomic E-state index is 13.0. The van der Waals surface area contributed by atoms with Gasteiger partial charge in [-0.05, 0) is 64.8 Å². The summed E-state index contributed by atoms with van der Waals surface area (Å²) in [7, 11) is 7.20. The van der Waals surface area contributed by atoms with Crippen molar-refractivity contribution < 1.29 is 14.4 Å². The van der Waals surface area contributed by atoms with Crippen LogP contribution >= 0.6 is 0 Å². The van der Waals surface area contributed by atoms with Crippen molar-refractivity contribution in [2.24, 2.45) is 14.1 Å². The standard InChI is InChI=1S/C34H36N8O3/c1-40(2)17-16-35-33(44)31-38-27(20-41(31)3)39-34(45)32-37-26(19-42(32)4)36-28(43)13-7-10-23-18-24-11-5-8-21-14-15-22-9-6-12-25(23)30(22)29(21)24/h5-6,8-9,11-12,14-15,18-20H,7,10,13,16-17H2,1-4H3,(H,35,44)(H,36,43)(H,39,45). The van der Waals surface area contributed by atoms with Crippen molar-refractivity contribution in [1.29, 1.82) is 0 Å². The van der Waals surface area contributed by atoms with Crippen molar-refractivity contribution in [3.63, 3.8) is 0 Å². The molecule has 4 aromatic carbocycles. The summed E-state index contributed by atoms with van der Waals surface area (Å²) in [6.45, 7) is 1.17. The molecule has 230 valence electrons. The van der Waals surface area contributed by atoms with Gasteiger partial charge in [0.05, 0.1) is 0 Å². The molecule has 3 amide bonds. The molecule has 0 radical (unpaired) electrons. The van der Waals surface area contributed by atoms with Crippen LogP contribution in [0, 0.1) is 0 Å². The number of amides is 3. The quantitative estimate of drug-likeness (QED) is 0.186. The van der Waals surface area contributed by atoms with Gasteiger partial charge in [0.1, 0.15) is 0 Å². The van der Waals surface area contributed by atoms with Gasteiger partial charge in [0.15, 0.2) is 11.6 Å². The number of rotatable bonds is 11. The highest BCUT2D eigenvalue weighted by atomic mass is 16.2. The molecule has 0 aliphatic carbocycles. The number of carbonyl (C=O) groups excluding carboxylic acids is 3. The summed E-state index contributed by atoms with van der Waals surface area (Å²) in [5.74, 6) is -0.227. The molecule has 0 bridgehead atoms. The highest BCUT2D eigenvalue weighted by molar-refractivity contribution is 6.23. The largest absolute Gasteiger partial charge is 0.348 e. The topological polar surface area (TPSA) is 126 Å². The predicted octanol–water partition coefficient (Wildman–Crippen LogP) is 4.56. The van der Waals surface area contributed by atoms with E-state index < -0.39 is 5.91 Å². The molecular weight excluding hydrogens is 568 g/mol. The molecule has 0 aliphatic heterocycles. The van der Waals surface area contributed by atoms with Gasteiger partial charge >= 0.3 is 0 Å². The van der Waals surface area contributed by atoms with Crippen LogP contribution in [0.2, 0.25) is 0 Å². The third kappa shape index (κ3) is 6.20. The van der Waals surface area contributed by atoms with E-state index in [0.717, 1.165) is 6.42 Å². The van der Waals surface area contributed by atoms with Crippen molar-refractivity contribution in [1.82, 2.24) is 29.3 Å². The van der Waals surface area contributed by atoms with E-state index in [9.17, 15) is 14.4 Å². The first-order valence-electron chi connectivity index (χ1n) is 14.9. The molecule has 2 aromatic heterocycles. The number of aromatic nitrogens is 4. The summed E-state index contributed by atoms with van der Waals surface area (Å²) < 4.78 is 3.09. The van der Waals surface area contributed by atoms with Crippen molar-refractivity contribution >= 4 is 61.7 Å². The summed E-state index contributed by atoms with van der Waals surface area (Å²) in [5.41, 5.74) is 1.22. The average Bonchev–Trinajstić information content (AvgIpc) is 3.56. The van der Waals surface area contributed by atoms with E-state index in [2.05, 4.69) is 80.5 Å². The fourth-order valence-corrected chi connectivity index (χ4v) is 5.81. The van der Waals surface area contributed by atoms with Crippen molar-refractivity contribution in [3.05, 3.63) is 84.2 Å². The van der Waals surface area contributed by atoms with Crippen LogP contribution in [0.5, 0.6) is 0 Å². The lowest BCUT2D eigenvalue weighted by Crippen LogP contribution is -2.32. The number of hydrogen-bond acceptors (Lipinski definition) is 6. The molecule has 6 aromatic rings. The first kappa shape index (κ1) is 29.8. The van der Waals surface area contributed by atoms with Crippen molar-refractivity contribution in [2.75, 3.05) is 37.8 Å². The molecule has 0 saturated carbocycles. The Hall–Kier alpha value is -5.29. The lowest BCUT2D eigenvalue weighted by molar-refractivity contribution is -0.116. The third-order valence-electron chi connectivity index (χ3n) is 7.96. The number of aryl methyl sites for hydroxylation is 3. The van der Waals surface area contributed by atoms with E-state index in [1.165, 1.54) is 42.4 Å². The fourth-order valence-electron chi connectivity index (χ4n) is 5.81. The monoisotopic (exact) mass is 604 g/mol. The van der Waals surface area contributed by atoms with Crippen LogP contribution in [0.25, 0.3) is 32.3 Å². The van der Waals surface area contributed by atoms with Crippen LogP contribution in [-0.2, 0) is 25.3 Å². The summed E-state index contributed by atoms with van der Waals surface area (Å²) in [4.78, 5) is 48.9. The Morgan fingerprint density at radius 1 is 0.778 bits per heavy atom.